The number of methoxy groups -OCH3 is 1. The zero-order valence-corrected chi connectivity index (χ0v) is 13.2. The summed E-state index contributed by atoms with van der Waals surface area (Å²) in [5, 5.41) is 9.11. The summed E-state index contributed by atoms with van der Waals surface area (Å²) in [5.74, 6) is -1.88. The monoisotopic (exact) mass is 345 g/mol. The third-order valence-corrected chi connectivity index (χ3v) is 3.93. The second-order valence-corrected chi connectivity index (χ2v) is 5.57. The quantitative estimate of drug-likeness (QED) is 0.805. The zero-order chi connectivity index (χ0) is 17.9. The van der Waals surface area contributed by atoms with Gasteiger partial charge in [-0.05, 0) is 37.0 Å². The SMILES string of the molecule is COCCCCN1C(=O)CCc2cc(C(F)(F)F)c(C(=O)O)cc21. The fraction of sp³-hybridized carbons (Fsp3) is 0.500. The van der Waals surface area contributed by atoms with Crippen molar-refractivity contribution in [3.8, 4) is 0 Å². The van der Waals surface area contributed by atoms with E-state index in [1.807, 2.05) is 0 Å². The molecule has 0 saturated heterocycles. The molecule has 0 atom stereocenters. The molecule has 0 fully saturated rings. The number of fused-ring (bicyclic) bond motifs is 1. The minimum absolute atomic E-state index is 0.112. The Balaban J connectivity index is 2.40. The topological polar surface area (TPSA) is 66.8 Å². The Morgan fingerprint density at radius 2 is 2.00 bits per heavy atom. The maximum atomic E-state index is 13.1. The van der Waals surface area contributed by atoms with E-state index in [1.54, 1.807) is 7.11 Å². The van der Waals surface area contributed by atoms with Crippen LogP contribution in [0.1, 0.15) is 40.7 Å². The van der Waals surface area contributed by atoms with Crippen molar-refractivity contribution in [1.29, 1.82) is 0 Å². The van der Waals surface area contributed by atoms with E-state index in [1.165, 1.54) is 4.90 Å². The largest absolute Gasteiger partial charge is 0.478 e. The van der Waals surface area contributed by atoms with Gasteiger partial charge in [-0.2, -0.15) is 13.2 Å². The number of carbonyl (C=O) groups is 2. The second kappa shape index (κ2) is 7.21. The molecule has 0 aliphatic carbocycles. The maximum Gasteiger partial charge on any atom is 0.417 e. The molecule has 2 rings (SSSR count). The fourth-order valence-electron chi connectivity index (χ4n) is 2.77. The molecule has 0 aromatic heterocycles. The summed E-state index contributed by atoms with van der Waals surface area (Å²) in [5.41, 5.74) is -1.41. The number of aryl methyl sites for hydroxylation is 1. The Kier molecular flexibility index (Phi) is 5.48. The highest BCUT2D eigenvalue weighted by atomic mass is 19.4. The Bertz CT molecular complexity index is 643. The molecule has 0 spiro atoms. The van der Waals surface area contributed by atoms with E-state index in [9.17, 15) is 22.8 Å². The smallest absolute Gasteiger partial charge is 0.417 e. The fourth-order valence-corrected chi connectivity index (χ4v) is 2.77. The van der Waals surface area contributed by atoms with Gasteiger partial charge in [0.1, 0.15) is 0 Å². The van der Waals surface area contributed by atoms with Gasteiger partial charge in [-0.25, -0.2) is 4.79 Å². The van der Waals surface area contributed by atoms with Gasteiger partial charge in [0.05, 0.1) is 11.1 Å². The number of carbonyl (C=O) groups excluding carboxylic acids is 1. The predicted octanol–water partition coefficient (Wildman–Crippen LogP) is 3.11. The molecule has 1 aliphatic rings. The lowest BCUT2D eigenvalue weighted by Gasteiger charge is -2.30. The lowest BCUT2D eigenvalue weighted by molar-refractivity contribution is -0.138. The van der Waals surface area contributed by atoms with Crippen LogP contribution in [-0.2, 0) is 22.1 Å². The molecule has 1 N–H and O–H groups in total. The third kappa shape index (κ3) is 3.87. The van der Waals surface area contributed by atoms with Crippen LogP contribution >= 0.6 is 0 Å². The molecule has 0 unspecified atom stereocenters. The van der Waals surface area contributed by atoms with Gasteiger partial charge in [0.2, 0.25) is 5.91 Å². The number of nitrogens with zero attached hydrogens (tertiary/aromatic N) is 1. The highest BCUT2D eigenvalue weighted by Crippen LogP contribution is 2.38. The minimum atomic E-state index is -4.76. The van der Waals surface area contributed by atoms with Crippen LogP contribution in [0.3, 0.4) is 0 Å². The van der Waals surface area contributed by atoms with Gasteiger partial charge in [0.15, 0.2) is 0 Å². The van der Waals surface area contributed by atoms with Gasteiger partial charge in [-0.15, -0.1) is 0 Å². The minimum Gasteiger partial charge on any atom is -0.478 e. The number of aromatic carboxylic acids is 1. The molecule has 0 saturated carbocycles. The first kappa shape index (κ1) is 18.3. The van der Waals surface area contributed by atoms with E-state index in [-0.39, 0.29) is 24.4 Å². The van der Waals surface area contributed by atoms with Crippen molar-refractivity contribution in [2.75, 3.05) is 25.2 Å². The normalized spacial score (nSPS) is 14.7. The van der Waals surface area contributed by atoms with Gasteiger partial charge in [0.25, 0.3) is 0 Å². The number of carboxylic acid groups (broad SMARTS) is 1. The molecule has 24 heavy (non-hydrogen) atoms. The van der Waals surface area contributed by atoms with Crippen LogP contribution in [0, 0.1) is 0 Å². The van der Waals surface area contributed by atoms with Crippen molar-refractivity contribution in [3.05, 3.63) is 28.8 Å². The molecule has 1 aromatic rings. The Morgan fingerprint density at radius 3 is 2.58 bits per heavy atom. The lowest BCUT2D eigenvalue weighted by Crippen LogP contribution is -2.36. The molecule has 8 heteroatoms. The number of benzene rings is 1. The van der Waals surface area contributed by atoms with Crippen molar-refractivity contribution < 1.29 is 32.6 Å². The summed E-state index contributed by atoms with van der Waals surface area (Å²) in [6.45, 7) is 0.835. The molecule has 5 nitrogen and oxygen atoms in total. The summed E-state index contributed by atoms with van der Waals surface area (Å²) < 4.78 is 44.2. The maximum absolute atomic E-state index is 13.1. The zero-order valence-electron chi connectivity index (χ0n) is 13.2. The molecular formula is C16H18F3NO4. The van der Waals surface area contributed by atoms with Crippen LogP contribution in [0.5, 0.6) is 0 Å². The van der Waals surface area contributed by atoms with Gasteiger partial charge in [-0.3, -0.25) is 4.79 Å². The standard InChI is InChI=1S/C16H18F3NO4/c1-24-7-3-2-6-20-13-9-11(15(22)23)12(16(17,18)19)8-10(13)4-5-14(20)21/h8-9H,2-7H2,1H3,(H,22,23). The summed E-state index contributed by atoms with van der Waals surface area (Å²) >= 11 is 0. The number of anilines is 1. The second-order valence-electron chi connectivity index (χ2n) is 5.57. The summed E-state index contributed by atoms with van der Waals surface area (Å²) in [7, 11) is 1.55. The molecule has 1 heterocycles. The highest BCUT2D eigenvalue weighted by Gasteiger charge is 2.38. The first-order valence-corrected chi connectivity index (χ1v) is 7.52. The van der Waals surface area contributed by atoms with Crippen LogP contribution in [0.4, 0.5) is 18.9 Å². The number of unbranched alkanes of at least 4 members (excludes halogenated alkanes) is 1. The van der Waals surface area contributed by atoms with Crippen LogP contribution in [0.25, 0.3) is 0 Å². The molecule has 1 aromatic carbocycles. The number of alkyl halides is 3. The average Bonchev–Trinajstić information content (AvgIpc) is 2.51. The lowest BCUT2D eigenvalue weighted by atomic mass is 9.94. The van der Waals surface area contributed by atoms with Crippen LogP contribution < -0.4 is 4.90 Å². The summed E-state index contributed by atoms with van der Waals surface area (Å²) in [6, 6.07) is 1.82. The van der Waals surface area contributed by atoms with Gasteiger partial charge in [0, 0.05) is 32.4 Å². The van der Waals surface area contributed by atoms with Crippen molar-refractivity contribution >= 4 is 17.6 Å². The number of hydrogen-bond acceptors (Lipinski definition) is 3. The predicted molar refractivity (Wildman–Crippen MR) is 80.2 cm³/mol. The summed E-state index contributed by atoms with van der Waals surface area (Å²) in [4.78, 5) is 24.7. The third-order valence-electron chi connectivity index (χ3n) is 3.93. The van der Waals surface area contributed by atoms with Crippen molar-refractivity contribution in [1.82, 2.24) is 0 Å². The molecule has 0 bridgehead atoms. The van der Waals surface area contributed by atoms with Gasteiger partial charge < -0.3 is 14.7 Å². The van der Waals surface area contributed by atoms with E-state index < -0.39 is 23.3 Å². The number of amides is 1. The Morgan fingerprint density at radius 1 is 1.29 bits per heavy atom. The Labute approximate surface area is 137 Å². The van der Waals surface area contributed by atoms with Gasteiger partial charge in [-0.1, -0.05) is 0 Å². The molecular weight excluding hydrogens is 327 g/mol. The van der Waals surface area contributed by atoms with Crippen LogP contribution in [0.2, 0.25) is 0 Å². The van der Waals surface area contributed by atoms with Crippen LogP contribution in [-0.4, -0.2) is 37.2 Å². The molecule has 132 valence electrons. The number of hydrogen-bond donors (Lipinski definition) is 1. The van der Waals surface area contributed by atoms with Crippen molar-refractivity contribution in [2.45, 2.75) is 31.9 Å². The van der Waals surface area contributed by atoms with Crippen molar-refractivity contribution in [2.24, 2.45) is 0 Å². The first-order chi connectivity index (χ1) is 11.3. The number of halogens is 3. The van der Waals surface area contributed by atoms with E-state index in [4.69, 9.17) is 9.84 Å². The first-order valence-electron chi connectivity index (χ1n) is 7.52. The van der Waals surface area contributed by atoms with Gasteiger partial charge >= 0.3 is 12.1 Å². The van der Waals surface area contributed by atoms with E-state index >= 15 is 0 Å². The molecule has 1 aliphatic heterocycles. The number of ether oxygens (including phenoxy) is 1. The number of rotatable bonds is 6. The van der Waals surface area contributed by atoms with E-state index in [0.29, 0.717) is 31.6 Å². The van der Waals surface area contributed by atoms with Crippen LogP contribution in [0.15, 0.2) is 12.1 Å². The van der Waals surface area contributed by atoms with E-state index in [2.05, 4.69) is 0 Å². The molecule has 0 radical (unpaired) electrons. The average molecular weight is 345 g/mol. The highest BCUT2D eigenvalue weighted by molar-refractivity contribution is 5.99. The Hall–Kier alpha value is -2.09. The number of carboxylic acids is 1. The van der Waals surface area contributed by atoms with E-state index in [0.717, 1.165) is 12.1 Å². The summed E-state index contributed by atoms with van der Waals surface area (Å²) in [6.07, 6.45) is -3.16. The van der Waals surface area contributed by atoms with Crippen molar-refractivity contribution in [3.63, 3.8) is 0 Å². The molecule has 1 amide bonds.